The van der Waals surface area contributed by atoms with Crippen LogP contribution in [0.5, 0.6) is 0 Å². The molecule has 0 unspecified atom stereocenters. The molecule has 0 spiro atoms. The van der Waals surface area contributed by atoms with E-state index < -0.39 is 17.4 Å². The van der Waals surface area contributed by atoms with Crippen molar-refractivity contribution in [3.8, 4) is 5.69 Å². The van der Waals surface area contributed by atoms with Crippen molar-refractivity contribution in [3.05, 3.63) is 42.5 Å². The highest BCUT2D eigenvalue weighted by Crippen LogP contribution is 2.21. The highest BCUT2D eigenvalue weighted by molar-refractivity contribution is 5.92. The lowest BCUT2D eigenvalue weighted by Gasteiger charge is -2.30. The average Bonchev–Trinajstić information content (AvgIpc) is 3.07. The summed E-state index contributed by atoms with van der Waals surface area (Å²) in [6.07, 6.45) is 4.47. The molecule has 3 N–H and O–H groups in total. The number of carbonyl (C=O) groups excluding carboxylic acids is 1. The normalized spacial score (nSPS) is 11.3. The Morgan fingerprint density at radius 2 is 2.13 bits per heavy atom. The molecule has 0 aliphatic carbocycles. The van der Waals surface area contributed by atoms with E-state index in [1.807, 2.05) is 13.8 Å². The number of aliphatic hydroxyl groups is 1. The van der Waals surface area contributed by atoms with Gasteiger partial charge in [-0.2, -0.15) is 5.10 Å². The number of nitrogens with one attached hydrogen (secondary N) is 2. The van der Waals surface area contributed by atoms with Crippen LogP contribution < -0.4 is 10.6 Å². The summed E-state index contributed by atoms with van der Waals surface area (Å²) in [6, 6.07) is 5.31. The Kier molecular flexibility index (Phi) is 5.33. The van der Waals surface area contributed by atoms with Crippen LogP contribution in [0, 0.1) is 5.82 Å². The topological polar surface area (TPSA) is 79.2 Å². The fraction of sp³-hybridized carbons (Fsp3) is 0.375. The molecule has 0 radical (unpaired) electrons. The van der Waals surface area contributed by atoms with E-state index in [9.17, 15) is 14.3 Å². The second-order valence-electron chi connectivity index (χ2n) is 5.34. The van der Waals surface area contributed by atoms with Gasteiger partial charge in [-0.15, -0.1) is 0 Å². The first-order valence-electron chi connectivity index (χ1n) is 7.53. The zero-order valence-electron chi connectivity index (χ0n) is 13.2. The molecule has 0 atom stereocenters. The van der Waals surface area contributed by atoms with Crippen LogP contribution in [-0.2, 0) is 0 Å². The number of benzene rings is 1. The number of carbonyl (C=O) groups is 1. The van der Waals surface area contributed by atoms with Crippen molar-refractivity contribution in [2.24, 2.45) is 0 Å². The quantitative estimate of drug-likeness (QED) is 0.765. The molecule has 6 nitrogen and oxygen atoms in total. The van der Waals surface area contributed by atoms with E-state index in [-0.39, 0.29) is 6.61 Å². The lowest BCUT2D eigenvalue weighted by atomic mass is 9.94. The third kappa shape index (κ3) is 3.87. The molecule has 1 aromatic carbocycles. The fourth-order valence-electron chi connectivity index (χ4n) is 2.30. The molecule has 0 fully saturated rings. The molecule has 0 bridgehead atoms. The lowest BCUT2D eigenvalue weighted by molar-refractivity contribution is 0.155. The molecule has 2 amide bonds. The van der Waals surface area contributed by atoms with E-state index >= 15 is 0 Å². The zero-order chi connectivity index (χ0) is 16.9. The van der Waals surface area contributed by atoms with Crippen molar-refractivity contribution in [2.75, 3.05) is 11.9 Å². The highest BCUT2D eigenvalue weighted by Gasteiger charge is 2.27. The first-order chi connectivity index (χ1) is 11.0. The van der Waals surface area contributed by atoms with Crippen LogP contribution in [0.1, 0.15) is 26.7 Å². The fourth-order valence-corrected chi connectivity index (χ4v) is 2.30. The van der Waals surface area contributed by atoms with Crippen molar-refractivity contribution < 1.29 is 14.3 Å². The van der Waals surface area contributed by atoms with Crippen LogP contribution >= 0.6 is 0 Å². The van der Waals surface area contributed by atoms with Gasteiger partial charge in [-0.05, 0) is 37.1 Å². The number of nitrogens with zero attached hydrogens (tertiary/aromatic N) is 2. The second kappa shape index (κ2) is 7.23. The molecule has 7 heteroatoms. The summed E-state index contributed by atoms with van der Waals surface area (Å²) in [5.74, 6) is -0.462. The number of rotatable bonds is 6. The molecule has 1 heterocycles. The largest absolute Gasteiger partial charge is 0.394 e. The number of anilines is 1. The van der Waals surface area contributed by atoms with Crippen LogP contribution in [0.3, 0.4) is 0 Å². The number of urea groups is 1. The van der Waals surface area contributed by atoms with Gasteiger partial charge in [0.15, 0.2) is 0 Å². The number of halogens is 1. The Balaban J connectivity index is 2.23. The summed E-state index contributed by atoms with van der Waals surface area (Å²) in [5.41, 5.74) is 0.155. The predicted octanol–water partition coefficient (Wildman–Crippen LogP) is 2.68. The maximum atomic E-state index is 13.5. The Bertz CT molecular complexity index is 646. The van der Waals surface area contributed by atoms with Crippen LogP contribution in [0.15, 0.2) is 36.7 Å². The van der Waals surface area contributed by atoms with Crippen molar-refractivity contribution in [1.82, 2.24) is 15.1 Å². The van der Waals surface area contributed by atoms with Gasteiger partial charge in [-0.25, -0.2) is 13.9 Å². The summed E-state index contributed by atoms with van der Waals surface area (Å²) in [6.45, 7) is 3.61. The summed E-state index contributed by atoms with van der Waals surface area (Å²) in [5, 5.41) is 19.0. The number of amides is 2. The maximum Gasteiger partial charge on any atom is 0.319 e. The number of hydrogen-bond acceptors (Lipinski definition) is 3. The third-order valence-corrected chi connectivity index (χ3v) is 3.99. The molecule has 0 saturated carbocycles. The summed E-state index contributed by atoms with van der Waals surface area (Å²) in [4.78, 5) is 12.3. The molecule has 23 heavy (non-hydrogen) atoms. The highest BCUT2D eigenvalue weighted by atomic mass is 19.1. The van der Waals surface area contributed by atoms with Gasteiger partial charge in [0.25, 0.3) is 0 Å². The van der Waals surface area contributed by atoms with Gasteiger partial charge in [0.05, 0.1) is 23.5 Å². The molecule has 124 valence electrons. The van der Waals surface area contributed by atoms with Crippen molar-refractivity contribution in [1.29, 1.82) is 0 Å². The minimum absolute atomic E-state index is 0.164. The number of aliphatic hydroxyl groups excluding tert-OH is 1. The van der Waals surface area contributed by atoms with Gasteiger partial charge in [-0.1, -0.05) is 13.8 Å². The molecular weight excluding hydrogens is 299 g/mol. The maximum absolute atomic E-state index is 13.5. The predicted molar refractivity (Wildman–Crippen MR) is 86.1 cm³/mol. The smallest absolute Gasteiger partial charge is 0.319 e. The minimum atomic E-state index is -0.691. The van der Waals surface area contributed by atoms with E-state index in [1.54, 1.807) is 18.5 Å². The van der Waals surface area contributed by atoms with Crippen LogP contribution in [-0.4, -0.2) is 33.1 Å². The molecular formula is C16H21FN4O2. The van der Waals surface area contributed by atoms with E-state index in [4.69, 9.17) is 0 Å². The van der Waals surface area contributed by atoms with Gasteiger partial charge in [0, 0.05) is 12.4 Å². The minimum Gasteiger partial charge on any atom is -0.394 e. The van der Waals surface area contributed by atoms with E-state index in [0.29, 0.717) is 24.2 Å². The first kappa shape index (κ1) is 17.0. The molecule has 2 rings (SSSR count). The van der Waals surface area contributed by atoms with Gasteiger partial charge >= 0.3 is 6.03 Å². The summed E-state index contributed by atoms with van der Waals surface area (Å²) >= 11 is 0. The molecule has 1 aromatic heterocycles. The Labute approximate surface area is 134 Å². The van der Waals surface area contributed by atoms with Gasteiger partial charge in [0.2, 0.25) is 0 Å². The summed E-state index contributed by atoms with van der Waals surface area (Å²) in [7, 11) is 0. The van der Waals surface area contributed by atoms with Gasteiger partial charge < -0.3 is 15.7 Å². The van der Waals surface area contributed by atoms with Crippen molar-refractivity contribution in [2.45, 2.75) is 32.2 Å². The van der Waals surface area contributed by atoms with E-state index in [0.717, 1.165) is 0 Å². The Morgan fingerprint density at radius 3 is 2.70 bits per heavy atom. The Hall–Kier alpha value is -2.41. The molecule has 2 aromatic rings. The zero-order valence-corrected chi connectivity index (χ0v) is 13.2. The number of hydrogen-bond donors (Lipinski definition) is 3. The van der Waals surface area contributed by atoms with Crippen LogP contribution in [0.4, 0.5) is 14.9 Å². The van der Waals surface area contributed by atoms with Gasteiger partial charge in [-0.3, -0.25) is 0 Å². The summed E-state index contributed by atoms with van der Waals surface area (Å²) < 4.78 is 15.1. The first-order valence-corrected chi connectivity index (χ1v) is 7.53. The Morgan fingerprint density at radius 1 is 1.39 bits per heavy atom. The third-order valence-electron chi connectivity index (χ3n) is 3.99. The van der Waals surface area contributed by atoms with Gasteiger partial charge in [0.1, 0.15) is 5.82 Å². The standard InChI is InChI=1S/C16H21FN4O2/c1-3-16(4-2,11-22)20-15(23)19-13-10-12(17)6-7-14(13)21-9-5-8-18-21/h5-10,22H,3-4,11H2,1-2H3,(H2,19,20,23). The molecule has 0 saturated heterocycles. The SMILES string of the molecule is CCC(CC)(CO)NC(=O)Nc1cc(F)ccc1-n1cccn1. The number of aromatic nitrogens is 2. The van der Waals surface area contributed by atoms with E-state index in [2.05, 4.69) is 15.7 Å². The monoisotopic (exact) mass is 320 g/mol. The second-order valence-corrected chi connectivity index (χ2v) is 5.34. The average molecular weight is 320 g/mol. The molecule has 0 aliphatic rings. The van der Waals surface area contributed by atoms with Crippen molar-refractivity contribution >= 4 is 11.7 Å². The van der Waals surface area contributed by atoms with Crippen molar-refractivity contribution in [3.63, 3.8) is 0 Å². The lowest BCUT2D eigenvalue weighted by Crippen LogP contribution is -2.52. The molecule has 0 aliphatic heterocycles. The van der Waals surface area contributed by atoms with Crippen LogP contribution in [0.2, 0.25) is 0 Å². The van der Waals surface area contributed by atoms with Crippen LogP contribution in [0.25, 0.3) is 5.69 Å². The van der Waals surface area contributed by atoms with E-state index in [1.165, 1.54) is 22.9 Å².